The molecule has 0 aliphatic heterocycles. The number of nitrogens with zero attached hydrogens (tertiary/aromatic N) is 1. The average Bonchev–Trinajstić information content (AvgIpc) is 2.31. The van der Waals surface area contributed by atoms with Crippen LogP contribution < -0.4 is 0 Å². The molecule has 0 bridgehead atoms. The van der Waals surface area contributed by atoms with Crippen LogP contribution in [0, 0.1) is 5.92 Å². The molecule has 0 aromatic heterocycles. The Hall–Kier alpha value is -0.450. The van der Waals surface area contributed by atoms with Gasteiger partial charge >= 0.3 is 0 Å². The van der Waals surface area contributed by atoms with Crippen molar-refractivity contribution in [3.8, 4) is 0 Å². The molecule has 0 spiro atoms. The number of rotatable bonds is 11. The Bertz CT molecular complexity index is 195. The molecule has 102 valence electrons. The van der Waals surface area contributed by atoms with Gasteiger partial charge in [0.25, 0.3) is 0 Å². The van der Waals surface area contributed by atoms with E-state index in [0.29, 0.717) is 13.2 Å². The molecule has 0 aliphatic carbocycles. The second-order valence-corrected chi connectivity index (χ2v) is 4.54. The molecule has 0 aromatic rings. The first-order valence-corrected chi connectivity index (χ1v) is 6.44. The predicted molar refractivity (Wildman–Crippen MR) is 69.3 cm³/mol. The highest BCUT2D eigenvalue weighted by Gasteiger charge is 2.06. The maximum absolute atomic E-state index is 11.2. The van der Waals surface area contributed by atoms with Crippen molar-refractivity contribution in [1.29, 1.82) is 0 Å². The Morgan fingerprint density at radius 2 is 1.82 bits per heavy atom. The van der Waals surface area contributed by atoms with Crippen LogP contribution in [0.4, 0.5) is 0 Å². The van der Waals surface area contributed by atoms with E-state index in [4.69, 9.17) is 9.47 Å². The number of hydrogen-bond donors (Lipinski definition) is 0. The highest BCUT2D eigenvalue weighted by Crippen LogP contribution is 1.94. The van der Waals surface area contributed by atoms with Gasteiger partial charge in [-0.3, -0.25) is 4.79 Å². The lowest BCUT2D eigenvalue weighted by molar-refractivity contribution is -0.127. The molecule has 0 N–H and O–H groups in total. The smallest absolute Gasteiger partial charge is 0.160 e. The van der Waals surface area contributed by atoms with E-state index in [2.05, 4.69) is 18.9 Å². The van der Waals surface area contributed by atoms with E-state index in [0.717, 1.165) is 26.1 Å². The molecule has 4 nitrogen and oxygen atoms in total. The molecule has 0 fully saturated rings. The second-order valence-electron chi connectivity index (χ2n) is 4.54. The fourth-order valence-corrected chi connectivity index (χ4v) is 1.15. The summed E-state index contributed by atoms with van der Waals surface area (Å²) in [4.78, 5) is 13.5. The fourth-order valence-electron chi connectivity index (χ4n) is 1.15. The van der Waals surface area contributed by atoms with E-state index >= 15 is 0 Å². The molecule has 0 rings (SSSR count). The minimum Gasteiger partial charge on any atom is -0.379 e. The molecule has 0 saturated heterocycles. The first-order valence-electron chi connectivity index (χ1n) is 6.44. The topological polar surface area (TPSA) is 38.8 Å². The summed E-state index contributed by atoms with van der Waals surface area (Å²) in [6.07, 6.45) is 1.04. The number of carbonyl (C=O) groups is 1. The quantitative estimate of drug-likeness (QED) is 0.518. The second kappa shape index (κ2) is 10.7. The fraction of sp³-hybridized carbons (Fsp3) is 0.923. The van der Waals surface area contributed by atoms with Crippen molar-refractivity contribution >= 4 is 5.78 Å². The minimum atomic E-state index is 0.0560. The minimum absolute atomic E-state index is 0.0560. The van der Waals surface area contributed by atoms with Gasteiger partial charge in [-0.2, -0.15) is 0 Å². The summed E-state index contributed by atoms with van der Waals surface area (Å²) in [7, 11) is 2.10. The summed E-state index contributed by atoms with van der Waals surface area (Å²) >= 11 is 0. The molecule has 0 aromatic carbocycles. The Balaban J connectivity index is 3.16. The van der Waals surface area contributed by atoms with Crippen molar-refractivity contribution in [3.63, 3.8) is 0 Å². The number of ketones is 1. The van der Waals surface area contributed by atoms with Crippen molar-refractivity contribution < 1.29 is 14.3 Å². The van der Waals surface area contributed by atoms with Crippen LogP contribution in [0.25, 0.3) is 0 Å². The molecule has 0 saturated carbocycles. The van der Waals surface area contributed by atoms with Crippen molar-refractivity contribution in [2.75, 3.05) is 46.6 Å². The van der Waals surface area contributed by atoms with Gasteiger partial charge < -0.3 is 14.4 Å². The summed E-state index contributed by atoms with van der Waals surface area (Å²) in [6, 6.07) is 0. The van der Waals surface area contributed by atoms with Crippen LogP contribution in [0.2, 0.25) is 0 Å². The van der Waals surface area contributed by atoms with Crippen LogP contribution >= 0.6 is 0 Å². The molecular weight excluding hydrogens is 218 g/mol. The number of Topliss-reactive ketones (excluding diaryl/α,β-unsaturated/α-hetero) is 1. The Morgan fingerprint density at radius 1 is 1.18 bits per heavy atom. The van der Waals surface area contributed by atoms with Crippen molar-refractivity contribution in [1.82, 2.24) is 4.90 Å². The van der Waals surface area contributed by atoms with Crippen LogP contribution in [0.15, 0.2) is 0 Å². The van der Waals surface area contributed by atoms with E-state index in [1.807, 2.05) is 13.8 Å². The molecule has 0 radical (unpaired) electrons. The maximum Gasteiger partial charge on any atom is 0.160 e. The van der Waals surface area contributed by atoms with Gasteiger partial charge in [0.1, 0.15) is 6.61 Å². The first kappa shape index (κ1) is 16.6. The third kappa shape index (κ3) is 10.4. The summed E-state index contributed by atoms with van der Waals surface area (Å²) < 4.78 is 10.6. The third-order valence-corrected chi connectivity index (χ3v) is 2.63. The molecule has 0 heterocycles. The lowest BCUT2D eigenvalue weighted by atomic mass is 10.1. The number of ether oxygens (including phenoxy) is 2. The van der Waals surface area contributed by atoms with Crippen molar-refractivity contribution in [3.05, 3.63) is 0 Å². The van der Waals surface area contributed by atoms with E-state index in [1.54, 1.807) is 0 Å². The van der Waals surface area contributed by atoms with Gasteiger partial charge in [-0.25, -0.2) is 0 Å². The van der Waals surface area contributed by atoms with Crippen LogP contribution in [0.5, 0.6) is 0 Å². The van der Waals surface area contributed by atoms with E-state index in [9.17, 15) is 4.79 Å². The van der Waals surface area contributed by atoms with Gasteiger partial charge in [0, 0.05) is 19.1 Å². The van der Waals surface area contributed by atoms with Crippen LogP contribution in [0.1, 0.15) is 27.2 Å². The zero-order chi connectivity index (χ0) is 13.1. The summed E-state index contributed by atoms with van der Waals surface area (Å²) in [5.41, 5.74) is 0. The number of hydrogen-bond acceptors (Lipinski definition) is 4. The third-order valence-electron chi connectivity index (χ3n) is 2.63. The number of carbonyl (C=O) groups excluding carboxylic acids is 1. The van der Waals surface area contributed by atoms with Gasteiger partial charge in [-0.1, -0.05) is 20.8 Å². The van der Waals surface area contributed by atoms with E-state index in [1.165, 1.54) is 0 Å². The summed E-state index contributed by atoms with van der Waals surface area (Å²) in [5.74, 6) is 0.204. The zero-order valence-corrected chi connectivity index (χ0v) is 11.7. The molecular formula is C13H27NO3. The van der Waals surface area contributed by atoms with Crippen LogP contribution in [-0.2, 0) is 14.3 Å². The lowest BCUT2D eigenvalue weighted by Gasteiger charge is -2.13. The van der Waals surface area contributed by atoms with Crippen LogP contribution in [-0.4, -0.2) is 57.2 Å². The Kier molecular flexibility index (Phi) is 10.4. The monoisotopic (exact) mass is 245 g/mol. The highest BCUT2D eigenvalue weighted by molar-refractivity contribution is 5.81. The molecule has 17 heavy (non-hydrogen) atoms. The van der Waals surface area contributed by atoms with E-state index in [-0.39, 0.29) is 18.3 Å². The average molecular weight is 245 g/mol. The molecule has 0 atom stereocenters. The molecule has 0 amide bonds. The molecule has 0 aliphatic rings. The van der Waals surface area contributed by atoms with Gasteiger partial charge in [0.2, 0.25) is 0 Å². The Labute approximate surface area is 105 Å². The normalized spacial score (nSPS) is 11.4. The van der Waals surface area contributed by atoms with Gasteiger partial charge in [-0.05, 0) is 20.0 Å². The van der Waals surface area contributed by atoms with Gasteiger partial charge in [-0.15, -0.1) is 0 Å². The van der Waals surface area contributed by atoms with Crippen molar-refractivity contribution in [2.24, 2.45) is 5.92 Å². The lowest BCUT2D eigenvalue weighted by Crippen LogP contribution is -2.20. The van der Waals surface area contributed by atoms with Crippen molar-refractivity contribution in [2.45, 2.75) is 27.2 Å². The van der Waals surface area contributed by atoms with E-state index < -0.39 is 0 Å². The molecule has 0 unspecified atom stereocenters. The van der Waals surface area contributed by atoms with Gasteiger partial charge in [0.15, 0.2) is 5.78 Å². The standard InChI is InChI=1S/C13H27NO3/c1-5-14(4)7-6-8-16-9-10-17-11-13(15)12(2)3/h12H,5-11H2,1-4H3. The Morgan fingerprint density at radius 3 is 2.41 bits per heavy atom. The predicted octanol–water partition coefficient (Wildman–Crippen LogP) is 1.59. The zero-order valence-electron chi connectivity index (χ0n) is 11.7. The summed E-state index contributed by atoms with van der Waals surface area (Å²) in [5, 5.41) is 0. The largest absolute Gasteiger partial charge is 0.379 e. The SMILES string of the molecule is CCN(C)CCCOCCOCC(=O)C(C)C. The first-order chi connectivity index (χ1) is 8.07. The van der Waals surface area contributed by atoms with Gasteiger partial charge in [0.05, 0.1) is 13.2 Å². The highest BCUT2D eigenvalue weighted by atomic mass is 16.5. The summed E-state index contributed by atoms with van der Waals surface area (Å²) in [6.45, 7) is 10.1. The molecule has 4 heteroatoms. The van der Waals surface area contributed by atoms with Crippen LogP contribution in [0.3, 0.4) is 0 Å². The maximum atomic E-state index is 11.2.